The summed E-state index contributed by atoms with van der Waals surface area (Å²) in [5.41, 5.74) is 6.95. The molecule has 0 unspecified atom stereocenters. The molecule has 0 fully saturated rings. The number of nitrogens with two attached hydrogens (primary N) is 1. The third kappa shape index (κ3) is 3.16. The van der Waals surface area contributed by atoms with E-state index in [4.69, 9.17) is 19.9 Å². The van der Waals surface area contributed by atoms with Crippen LogP contribution in [0.15, 0.2) is 42.5 Å². The van der Waals surface area contributed by atoms with Crippen molar-refractivity contribution in [2.24, 2.45) is 0 Å². The lowest BCUT2D eigenvalue weighted by Crippen LogP contribution is -2.16. The zero-order valence-corrected chi connectivity index (χ0v) is 14.6. The molecule has 0 saturated carbocycles. The van der Waals surface area contributed by atoms with Crippen molar-refractivity contribution in [3.05, 3.63) is 48.0 Å². The third-order valence-corrected chi connectivity index (χ3v) is 3.80. The average Bonchev–Trinajstić information content (AvgIpc) is 3.08. The number of anilines is 1. The number of methoxy groups -OCH3 is 3. The van der Waals surface area contributed by atoms with Crippen molar-refractivity contribution in [2.45, 2.75) is 0 Å². The van der Waals surface area contributed by atoms with E-state index in [2.05, 4.69) is 10.1 Å². The summed E-state index contributed by atoms with van der Waals surface area (Å²) in [7, 11) is 4.61. The van der Waals surface area contributed by atoms with Gasteiger partial charge in [0.1, 0.15) is 5.75 Å². The van der Waals surface area contributed by atoms with Gasteiger partial charge in [0.15, 0.2) is 17.3 Å². The summed E-state index contributed by atoms with van der Waals surface area (Å²) in [6.07, 6.45) is 0. The van der Waals surface area contributed by atoms with Gasteiger partial charge in [-0.1, -0.05) is 0 Å². The van der Waals surface area contributed by atoms with Crippen molar-refractivity contribution in [3.8, 4) is 28.6 Å². The van der Waals surface area contributed by atoms with Crippen LogP contribution in [0.25, 0.3) is 11.4 Å². The second kappa shape index (κ2) is 7.14. The first-order valence-electron chi connectivity index (χ1n) is 7.71. The number of ether oxygens (including phenoxy) is 3. The molecule has 0 amide bonds. The fourth-order valence-electron chi connectivity index (χ4n) is 2.43. The molecular weight excluding hydrogens is 336 g/mol. The molecule has 2 aromatic carbocycles. The summed E-state index contributed by atoms with van der Waals surface area (Å²) in [5, 5.41) is 4.23. The van der Waals surface area contributed by atoms with Crippen LogP contribution in [0, 0.1) is 0 Å². The van der Waals surface area contributed by atoms with Gasteiger partial charge in [-0.25, -0.2) is 0 Å². The van der Waals surface area contributed by atoms with Crippen LogP contribution in [-0.4, -0.2) is 42.0 Å². The number of nitrogens with zero attached hydrogens (tertiary/aromatic N) is 3. The van der Waals surface area contributed by atoms with Gasteiger partial charge < -0.3 is 19.9 Å². The van der Waals surface area contributed by atoms with Crippen molar-refractivity contribution in [1.82, 2.24) is 14.8 Å². The van der Waals surface area contributed by atoms with Gasteiger partial charge in [-0.2, -0.15) is 9.67 Å². The van der Waals surface area contributed by atoms with Gasteiger partial charge in [0, 0.05) is 11.1 Å². The minimum atomic E-state index is -0.421. The minimum Gasteiger partial charge on any atom is -0.497 e. The molecule has 8 heteroatoms. The number of carbonyl (C=O) groups is 1. The molecule has 1 aromatic heterocycles. The molecule has 134 valence electrons. The van der Waals surface area contributed by atoms with E-state index >= 15 is 0 Å². The predicted octanol–water partition coefficient (Wildman–Crippen LogP) is 2.24. The minimum absolute atomic E-state index is 0.00407. The van der Waals surface area contributed by atoms with Crippen molar-refractivity contribution < 1.29 is 19.0 Å². The monoisotopic (exact) mass is 354 g/mol. The highest BCUT2D eigenvalue weighted by molar-refractivity contribution is 5.97. The van der Waals surface area contributed by atoms with Gasteiger partial charge in [0.2, 0.25) is 5.95 Å². The Morgan fingerprint density at radius 2 is 1.65 bits per heavy atom. The summed E-state index contributed by atoms with van der Waals surface area (Å²) in [5.74, 6) is 1.59. The Kier molecular flexibility index (Phi) is 4.74. The SMILES string of the molecule is COc1ccc(-c2nc(N)n(C(=O)c3ccc(OC)c(OC)c3)n2)cc1. The summed E-state index contributed by atoms with van der Waals surface area (Å²) in [4.78, 5) is 16.9. The smallest absolute Gasteiger partial charge is 0.281 e. The number of carbonyl (C=O) groups excluding carboxylic acids is 1. The van der Waals surface area contributed by atoms with Crippen LogP contribution in [0.3, 0.4) is 0 Å². The number of rotatable bonds is 5. The van der Waals surface area contributed by atoms with Gasteiger partial charge in [-0.3, -0.25) is 4.79 Å². The molecule has 3 aromatic rings. The molecule has 26 heavy (non-hydrogen) atoms. The largest absolute Gasteiger partial charge is 0.497 e. The molecule has 8 nitrogen and oxygen atoms in total. The normalized spacial score (nSPS) is 10.4. The molecule has 0 saturated heterocycles. The van der Waals surface area contributed by atoms with Crippen LogP contribution in [-0.2, 0) is 0 Å². The van der Waals surface area contributed by atoms with Gasteiger partial charge >= 0.3 is 0 Å². The first-order valence-corrected chi connectivity index (χ1v) is 7.71. The number of hydrogen-bond acceptors (Lipinski definition) is 7. The molecule has 0 aliphatic rings. The first kappa shape index (κ1) is 17.3. The van der Waals surface area contributed by atoms with Crippen molar-refractivity contribution in [3.63, 3.8) is 0 Å². The molecule has 0 atom stereocenters. The lowest BCUT2D eigenvalue weighted by atomic mass is 10.2. The van der Waals surface area contributed by atoms with Crippen LogP contribution < -0.4 is 19.9 Å². The lowest BCUT2D eigenvalue weighted by Gasteiger charge is -2.09. The summed E-state index contributed by atoms with van der Waals surface area (Å²) < 4.78 is 16.6. The van der Waals surface area contributed by atoms with E-state index in [0.29, 0.717) is 28.6 Å². The fourth-order valence-corrected chi connectivity index (χ4v) is 2.43. The van der Waals surface area contributed by atoms with Gasteiger partial charge in [-0.15, -0.1) is 5.10 Å². The van der Waals surface area contributed by atoms with Gasteiger partial charge in [0.05, 0.1) is 21.3 Å². The Hall–Kier alpha value is -3.55. The first-order chi connectivity index (χ1) is 12.6. The Morgan fingerprint density at radius 1 is 0.962 bits per heavy atom. The maximum absolute atomic E-state index is 12.7. The van der Waals surface area contributed by atoms with Crippen LogP contribution in [0.1, 0.15) is 10.4 Å². The zero-order valence-electron chi connectivity index (χ0n) is 14.6. The maximum Gasteiger partial charge on any atom is 0.281 e. The van der Waals surface area contributed by atoms with Crippen LogP contribution in [0.5, 0.6) is 17.2 Å². The van der Waals surface area contributed by atoms with E-state index in [0.717, 1.165) is 10.2 Å². The molecule has 0 bridgehead atoms. The molecule has 1 heterocycles. The van der Waals surface area contributed by atoms with Crippen LogP contribution in [0.4, 0.5) is 5.95 Å². The molecule has 3 rings (SSSR count). The van der Waals surface area contributed by atoms with Gasteiger partial charge in [-0.05, 0) is 42.5 Å². The second-order valence-corrected chi connectivity index (χ2v) is 5.31. The van der Waals surface area contributed by atoms with Crippen molar-refractivity contribution in [1.29, 1.82) is 0 Å². The maximum atomic E-state index is 12.7. The van der Waals surface area contributed by atoms with Crippen LogP contribution in [0.2, 0.25) is 0 Å². The quantitative estimate of drug-likeness (QED) is 0.749. The molecule has 0 aliphatic carbocycles. The van der Waals surface area contributed by atoms with Crippen molar-refractivity contribution >= 4 is 11.9 Å². The standard InChI is InChI=1S/C18H18N4O4/c1-24-13-7-4-11(5-8-13)16-20-18(19)22(21-16)17(23)12-6-9-14(25-2)15(10-12)26-3/h4-10H,1-3H3,(H2,19,20,21). The predicted molar refractivity (Wildman–Crippen MR) is 95.7 cm³/mol. The number of benzene rings is 2. The summed E-state index contributed by atoms with van der Waals surface area (Å²) in [6, 6.07) is 12.0. The number of aromatic nitrogens is 3. The highest BCUT2D eigenvalue weighted by atomic mass is 16.5. The summed E-state index contributed by atoms with van der Waals surface area (Å²) in [6.45, 7) is 0. The van der Waals surface area contributed by atoms with E-state index in [9.17, 15) is 4.79 Å². The fraction of sp³-hybridized carbons (Fsp3) is 0.167. The Morgan fingerprint density at radius 3 is 2.27 bits per heavy atom. The highest BCUT2D eigenvalue weighted by Crippen LogP contribution is 2.28. The topological polar surface area (TPSA) is 101 Å². The average molecular weight is 354 g/mol. The molecule has 0 aliphatic heterocycles. The van der Waals surface area contributed by atoms with E-state index in [1.54, 1.807) is 49.6 Å². The Bertz CT molecular complexity index is 935. The zero-order chi connectivity index (χ0) is 18.7. The Balaban J connectivity index is 1.94. The lowest BCUT2D eigenvalue weighted by molar-refractivity contribution is 0.0947. The highest BCUT2D eigenvalue weighted by Gasteiger charge is 2.18. The van der Waals surface area contributed by atoms with E-state index in [1.807, 2.05) is 0 Å². The van der Waals surface area contributed by atoms with Crippen molar-refractivity contribution in [2.75, 3.05) is 27.1 Å². The van der Waals surface area contributed by atoms with E-state index in [1.165, 1.54) is 14.2 Å². The molecule has 2 N–H and O–H groups in total. The van der Waals surface area contributed by atoms with Gasteiger partial charge in [0.25, 0.3) is 5.91 Å². The molecule has 0 radical (unpaired) electrons. The molecular formula is C18H18N4O4. The Labute approximate surface area is 150 Å². The molecule has 0 spiro atoms. The third-order valence-electron chi connectivity index (χ3n) is 3.80. The van der Waals surface area contributed by atoms with Crippen LogP contribution >= 0.6 is 0 Å². The second-order valence-electron chi connectivity index (χ2n) is 5.31. The van der Waals surface area contributed by atoms with E-state index in [-0.39, 0.29) is 5.95 Å². The number of hydrogen-bond donors (Lipinski definition) is 1. The summed E-state index contributed by atoms with van der Waals surface area (Å²) >= 11 is 0. The number of nitrogen functional groups attached to an aromatic ring is 1. The van der Waals surface area contributed by atoms with E-state index < -0.39 is 5.91 Å².